The molecular formula is C18H21NO2. The Morgan fingerprint density at radius 1 is 1.10 bits per heavy atom. The van der Waals surface area contributed by atoms with Gasteiger partial charge in [-0.2, -0.15) is 0 Å². The molecule has 1 N–H and O–H groups in total. The summed E-state index contributed by atoms with van der Waals surface area (Å²) in [6.07, 6.45) is 0. The van der Waals surface area contributed by atoms with Crippen LogP contribution in [0.3, 0.4) is 0 Å². The standard InChI is InChI=1S/C18H21NO2/c1-4-21-18(20)17(15-8-6-5-7-9-15)19-16-11-13(2)10-14(3)12-16/h5-12,17,19H,4H2,1-3H3. The topological polar surface area (TPSA) is 38.3 Å². The molecule has 0 saturated carbocycles. The van der Waals surface area contributed by atoms with Gasteiger partial charge in [0.1, 0.15) is 0 Å². The van der Waals surface area contributed by atoms with Crippen LogP contribution in [0, 0.1) is 13.8 Å². The third-order valence-electron chi connectivity index (χ3n) is 3.19. The maximum Gasteiger partial charge on any atom is 0.333 e. The summed E-state index contributed by atoms with van der Waals surface area (Å²) in [5.41, 5.74) is 4.14. The molecule has 0 spiro atoms. The van der Waals surface area contributed by atoms with Gasteiger partial charge in [-0.05, 0) is 49.6 Å². The lowest BCUT2D eigenvalue weighted by atomic mass is 10.1. The average Bonchev–Trinajstić information content (AvgIpc) is 2.45. The maximum absolute atomic E-state index is 12.2. The molecule has 0 aliphatic carbocycles. The summed E-state index contributed by atoms with van der Waals surface area (Å²) in [6.45, 7) is 6.27. The van der Waals surface area contributed by atoms with E-state index in [0.717, 1.165) is 22.4 Å². The summed E-state index contributed by atoms with van der Waals surface area (Å²) in [5.74, 6) is -0.261. The number of hydrogen-bond acceptors (Lipinski definition) is 3. The Kier molecular flexibility index (Phi) is 4.99. The molecule has 0 heterocycles. The highest BCUT2D eigenvalue weighted by atomic mass is 16.5. The Balaban J connectivity index is 2.29. The van der Waals surface area contributed by atoms with Crippen LogP contribution in [0.15, 0.2) is 48.5 Å². The highest BCUT2D eigenvalue weighted by Crippen LogP contribution is 2.23. The van der Waals surface area contributed by atoms with E-state index in [1.807, 2.05) is 63.2 Å². The number of carbonyl (C=O) groups is 1. The molecule has 1 atom stereocenters. The first-order valence-corrected chi connectivity index (χ1v) is 7.16. The van der Waals surface area contributed by atoms with Gasteiger partial charge in [0.05, 0.1) is 6.61 Å². The molecule has 0 radical (unpaired) electrons. The van der Waals surface area contributed by atoms with Gasteiger partial charge in [-0.3, -0.25) is 0 Å². The normalized spacial score (nSPS) is 11.8. The summed E-state index contributed by atoms with van der Waals surface area (Å²) in [4.78, 5) is 12.2. The zero-order valence-electron chi connectivity index (χ0n) is 12.7. The number of rotatable bonds is 5. The number of hydrogen-bond donors (Lipinski definition) is 1. The molecule has 0 saturated heterocycles. The van der Waals surface area contributed by atoms with Crippen molar-refractivity contribution in [1.82, 2.24) is 0 Å². The van der Waals surface area contributed by atoms with Crippen LogP contribution in [-0.2, 0) is 9.53 Å². The number of nitrogens with one attached hydrogen (secondary N) is 1. The second-order valence-electron chi connectivity index (χ2n) is 5.12. The molecule has 0 aromatic heterocycles. The highest BCUT2D eigenvalue weighted by Gasteiger charge is 2.21. The Hall–Kier alpha value is -2.29. The van der Waals surface area contributed by atoms with Crippen molar-refractivity contribution in [3.05, 3.63) is 65.2 Å². The lowest BCUT2D eigenvalue weighted by molar-refractivity contribution is -0.144. The van der Waals surface area contributed by atoms with Crippen LogP contribution in [0.25, 0.3) is 0 Å². The predicted octanol–water partition coefficient (Wildman–Crippen LogP) is 4.02. The van der Waals surface area contributed by atoms with Crippen molar-refractivity contribution in [3.8, 4) is 0 Å². The van der Waals surface area contributed by atoms with E-state index in [2.05, 4.69) is 11.4 Å². The van der Waals surface area contributed by atoms with E-state index in [1.54, 1.807) is 0 Å². The number of aryl methyl sites for hydroxylation is 2. The van der Waals surface area contributed by atoms with Crippen molar-refractivity contribution in [2.75, 3.05) is 11.9 Å². The van der Waals surface area contributed by atoms with E-state index < -0.39 is 6.04 Å². The molecule has 0 aliphatic heterocycles. The molecule has 1 unspecified atom stereocenters. The van der Waals surface area contributed by atoms with Gasteiger partial charge in [0, 0.05) is 5.69 Å². The third kappa shape index (κ3) is 4.09. The molecule has 0 amide bonds. The quantitative estimate of drug-likeness (QED) is 0.842. The van der Waals surface area contributed by atoms with E-state index in [4.69, 9.17) is 4.74 Å². The average molecular weight is 283 g/mol. The van der Waals surface area contributed by atoms with Gasteiger partial charge >= 0.3 is 5.97 Å². The van der Waals surface area contributed by atoms with Crippen molar-refractivity contribution in [3.63, 3.8) is 0 Å². The highest BCUT2D eigenvalue weighted by molar-refractivity contribution is 5.81. The molecule has 0 fully saturated rings. The molecule has 21 heavy (non-hydrogen) atoms. The second kappa shape index (κ2) is 6.93. The van der Waals surface area contributed by atoms with Crippen LogP contribution in [0.4, 0.5) is 5.69 Å². The Bertz CT molecular complexity index is 588. The van der Waals surface area contributed by atoms with Crippen LogP contribution in [-0.4, -0.2) is 12.6 Å². The van der Waals surface area contributed by atoms with Crippen LogP contribution in [0.5, 0.6) is 0 Å². The predicted molar refractivity (Wildman–Crippen MR) is 85.4 cm³/mol. The lowest BCUT2D eigenvalue weighted by Crippen LogP contribution is -2.23. The van der Waals surface area contributed by atoms with E-state index in [0.29, 0.717) is 6.61 Å². The van der Waals surface area contributed by atoms with E-state index in [9.17, 15) is 4.79 Å². The van der Waals surface area contributed by atoms with Gasteiger partial charge < -0.3 is 10.1 Å². The molecule has 3 heteroatoms. The van der Waals surface area contributed by atoms with Gasteiger partial charge in [0.2, 0.25) is 0 Å². The Morgan fingerprint density at radius 2 is 1.71 bits per heavy atom. The van der Waals surface area contributed by atoms with Crippen molar-refractivity contribution >= 4 is 11.7 Å². The SMILES string of the molecule is CCOC(=O)C(Nc1cc(C)cc(C)c1)c1ccccc1. The number of carbonyl (C=O) groups excluding carboxylic acids is 1. The Morgan fingerprint density at radius 3 is 2.29 bits per heavy atom. The first kappa shape index (κ1) is 15.1. The molecule has 2 aromatic carbocycles. The fraction of sp³-hybridized carbons (Fsp3) is 0.278. The molecule has 3 nitrogen and oxygen atoms in total. The van der Waals surface area contributed by atoms with Crippen molar-refractivity contribution in [1.29, 1.82) is 0 Å². The molecule has 2 rings (SSSR count). The van der Waals surface area contributed by atoms with Gasteiger partial charge in [0.15, 0.2) is 6.04 Å². The maximum atomic E-state index is 12.2. The van der Waals surface area contributed by atoms with E-state index in [-0.39, 0.29) is 5.97 Å². The van der Waals surface area contributed by atoms with Crippen LogP contribution >= 0.6 is 0 Å². The van der Waals surface area contributed by atoms with Crippen LogP contribution < -0.4 is 5.32 Å². The lowest BCUT2D eigenvalue weighted by Gasteiger charge is -2.19. The molecule has 0 aliphatic rings. The van der Waals surface area contributed by atoms with Crippen LogP contribution in [0.2, 0.25) is 0 Å². The van der Waals surface area contributed by atoms with Gasteiger partial charge in [-0.1, -0.05) is 36.4 Å². The Labute approximate surface area is 126 Å². The number of ether oxygens (including phenoxy) is 1. The first-order valence-electron chi connectivity index (χ1n) is 7.16. The molecular weight excluding hydrogens is 262 g/mol. The van der Waals surface area contributed by atoms with E-state index >= 15 is 0 Å². The van der Waals surface area contributed by atoms with Gasteiger partial charge in [0.25, 0.3) is 0 Å². The smallest absolute Gasteiger partial charge is 0.333 e. The zero-order valence-corrected chi connectivity index (χ0v) is 12.7. The summed E-state index contributed by atoms with van der Waals surface area (Å²) >= 11 is 0. The summed E-state index contributed by atoms with van der Waals surface area (Å²) in [5, 5.41) is 3.29. The fourth-order valence-corrected chi connectivity index (χ4v) is 2.37. The number of benzene rings is 2. The van der Waals surface area contributed by atoms with Crippen LogP contribution in [0.1, 0.15) is 29.7 Å². The molecule has 0 bridgehead atoms. The van der Waals surface area contributed by atoms with Gasteiger partial charge in [-0.15, -0.1) is 0 Å². The minimum Gasteiger partial charge on any atom is -0.464 e. The minimum absolute atomic E-state index is 0.261. The number of esters is 1. The summed E-state index contributed by atoms with van der Waals surface area (Å²) in [7, 11) is 0. The number of anilines is 1. The molecule has 110 valence electrons. The monoisotopic (exact) mass is 283 g/mol. The van der Waals surface area contributed by atoms with Crippen molar-refractivity contribution < 1.29 is 9.53 Å². The largest absolute Gasteiger partial charge is 0.464 e. The fourth-order valence-electron chi connectivity index (χ4n) is 2.37. The summed E-state index contributed by atoms with van der Waals surface area (Å²) < 4.78 is 5.19. The van der Waals surface area contributed by atoms with Gasteiger partial charge in [-0.25, -0.2) is 4.79 Å². The molecule has 2 aromatic rings. The third-order valence-corrected chi connectivity index (χ3v) is 3.19. The van der Waals surface area contributed by atoms with Crippen molar-refractivity contribution in [2.24, 2.45) is 0 Å². The zero-order chi connectivity index (χ0) is 15.2. The minimum atomic E-state index is -0.493. The first-order chi connectivity index (χ1) is 10.1. The second-order valence-corrected chi connectivity index (χ2v) is 5.12. The van der Waals surface area contributed by atoms with Crippen molar-refractivity contribution in [2.45, 2.75) is 26.8 Å². The van der Waals surface area contributed by atoms with E-state index in [1.165, 1.54) is 0 Å². The summed E-state index contributed by atoms with van der Waals surface area (Å²) in [6, 6.07) is 15.3.